The number of nitrogens with one attached hydrogen (secondary N) is 2. The molecule has 5 nitrogen and oxygen atoms in total. The van der Waals surface area contributed by atoms with E-state index in [2.05, 4.69) is 20.4 Å². The van der Waals surface area contributed by atoms with Crippen LogP contribution in [0.5, 0.6) is 0 Å². The standard InChI is InChI=1S/C14H28N4O/c1-2-16-14(19)13-12-15-6-11-18(13)10-5-9-17-7-3-4-8-17/h13,15H,2-12H2,1H3,(H,16,19). The molecule has 110 valence electrons. The SMILES string of the molecule is CCNC(=O)C1CNCCN1CCCN1CCCC1. The van der Waals surface area contributed by atoms with Crippen molar-refractivity contribution in [2.45, 2.75) is 32.2 Å². The van der Waals surface area contributed by atoms with E-state index in [-0.39, 0.29) is 11.9 Å². The lowest BCUT2D eigenvalue weighted by Crippen LogP contribution is -2.58. The van der Waals surface area contributed by atoms with Gasteiger partial charge >= 0.3 is 0 Å². The molecular weight excluding hydrogens is 240 g/mol. The summed E-state index contributed by atoms with van der Waals surface area (Å²) >= 11 is 0. The first-order valence-corrected chi connectivity index (χ1v) is 7.76. The highest BCUT2D eigenvalue weighted by Gasteiger charge is 2.27. The maximum Gasteiger partial charge on any atom is 0.238 e. The van der Waals surface area contributed by atoms with Gasteiger partial charge in [-0.1, -0.05) is 0 Å². The molecule has 0 aromatic rings. The lowest BCUT2D eigenvalue weighted by atomic mass is 10.1. The summed E-state index contributed by atoms with van der Waals surface area (Å²) in [7, 11) is 0. The Morgan fingerprint density at radius 2 is 2.05 bits per heavy atom. The summed E-state index contributed by atoms with van der Waals surface area (Å²) in [4.78, 5) is 16.9. The molecule has 1 unspecified atom stereocenters. The van der Waals surface area contributed by atoms with Gasteiger partial charge in [-0.25, -0.2) is 0 Å². The topological polar surface area (TPSA) is 47.6 Å². The maximum absolute atomic E-state index is 12.0. The van der Waals surface area contributed by atoms with Crippen LogP contribution >= 0.6 is 0 Å². The molecule has 19 heavy (non-hydrogen) atoms. The zero-order chi connectivity index (χ0) is 13.5. The van der Waals surface area contributed by atoms with Gasteiger partial charge in [0.1, 0.15) is 6.04 Å². The number of likely N-dealkylation sites (N-methyl/N-ethyl adjacent to an activating group) is 1. The fourth-order valence-corrected chi connectivity index (χ4v) is 3.07. The van der Waals surface area contributed by atoms with E-state index in [1.165, 1.54) is 38.9 Å². The Kier molecular flexibility index (Phi) is 6.07. The molecular formula is C14H28N4O. The summed E-state index contributed by atoms with van der Waals surface area (Å²) in [5.41, 5.74) is 0. The van der Waals surface area contributed by atoms with E-state index in [0.717, 1.165) is 32.7 Å². The Morgan fingerprint density at radius 3 is 2.79 bits per heavy atom. The third-order valence-corrected chi connectivity index (χ3v) is 4.13. The van der Waals surface area contributed by atoms with Crippen LogP contribution in [0.1, 0.15) is 26.2 Å². The second kappa shape index (κ2) is 7.82. The van der Waals surface area contributed by atoms with Crippen LogP contribution in [0.4, 0.5) is 0 Å². The number of nitrogens with zero attached hydrogens (tertiary/aromatic N) is 2. The first kappa shape index (κ1) is 14.8. The molecule has 0 saturated carbocycles. The molecule has 2 heterocycles. The van der Waals surface area contributed by atoms with Gasteiger partial charge in [-0.05, 0) is 45.8 Å². The largest absolute Gasteiger partial charge is 0.355 e. The molecule has 2 saturated heterocycles. The van der Waals surface area contributed by atoms with Crippen LogP contribution in [-0.2, 0) is 4.79 Å². The summed E-state index contributed by atoms with van der Waals surface area (Å²) in [6, 6.07) is 0.0206. The highest BCUT2D eigenvalue weighted by atomic mass is 16.2. The number of hydrogen-bond acceptors (Lipinski definition) is 4. The zero-order valence-corrected chi connectivity index (χ0v) is 12.2. The second-order valence-electron chi connectivity index (χ2n) is 5.55. The van der Waals surface area contributed by atoms with E-state index in [1.54, 1.807) is 0 Å². The molecule has 0 radical (unpaired) electrons. The van der Waals surface area contributed by atoms with Crippen molar-refractivity contribution in [3.05, 3.63) is 0 Å². The predicted octanol–water partition coefficient (Wildman–Crippen LogP) is -0.118. The van der Waals surface area contributed by atoms with Gasteiger partial charge in [-0.2, -0.15) is 0 Å². The number of amides is 1. The van der Waals surface area contributed by atoms with Crippen LogP contribution in [0.2, 0.25) is 0 Å². The Morgan fingerprint density at radius 1 is 1.26 bits per heavy atom. The van der Waals surface area contributed by atoms with Crippen LogP contribution < -0.4 is 10.6 Å². The fourth-order valence-electron chi connectivity index (χ4n) is 3.07. The zero-order valence-electron chi connectivity index (χ0n) is 12.2. The minimum absolute atomic E-state index is 0.0206. The first-order valence-electron chi connectivity index (χ1n) is 7.76. The van der Waals surface area contributed by atoms with Gasteiger partial charge < -0.3 is 15.5 Å². The van der Waals surface area contributed by atoms with E-state index in [0.29, 0.717) is 0 Å². The van der Waals surface area contributed by atoms with E-state index in [4.69, 9.17) is 0 Å². The summed E-state index contributed by atoms with van der Waals surface area (Å²) in [5.74, 6) is 0.177. The molecule has 5 heteroatoms. The van der Waals surface area contributed by atoms with Crippen molar-refractivity contribution in [2.75, 3.05) is 52.4 Å². The predicted molar refractivity (Wildman–Crippen MR) is 77.2 cm³/mol. The minimum atomic E-state index is 0.0206. The second-order valence-corrected chi connectivity index (χ2v) is 5.55. The van der Waals surface area contributed by atoms with Crippen molar-refractivity contribution in [1.29, 1.82) is 0 Å². The Labute approximate surface area is 116 Å². The van der Waals surface area contributed by atoms with Crippen LogP contribution in [0.25, 0.3) is 0 Å². The van der Waals surface area contributed by atoms with Gasteiger partial charge in [0.2, 0.25) is 5.91 Å². The van der Waals surface area contributed by atoms with E-state index in [1.807, 2.05) is 6.92 Å². The van der Waals surface area contributed by atoms with Crippen molar-refractivity contribution in [3.63, 3.8) is 0 Å². The lowest BCUT2D eigenvalue weighted by molar-refractivity contribution is -0.127. The fraction of sp³-hybridized carbons (Fsp3) is 0.929. The van der Waals surface area contributed by atoms with Crippen LogP contribution in [0, 0.1) is 0 Å². The molecule has 0 aromatic heterocycles. The van der Waals surface area contributed by atoms with Crippen LogP contribution in [0.3, 0.4) is 0 Å². The van der Waals surface area contributed by atoms with Crippen molar-refractivity contribution in [1.82, 2.24) is 20.4 Å². The number of hydrogen-bond donors (Lipinski definition) is 2. The lowest BCUT2D eigenvalue weighted by Gasteiger charge is -2.35. The number of piperazine rings is 1. The van der Waals surface area contributed by atoms with Crippen LogP contribution in [0.15, 0.2) is 0 Å². The molecule has 2 fully saturated rings. The Bertz CT molecular complexity index is 279. The smallest absolute Gasteiger partial charge is 0.238 e. The summed E-state index contributed by atoms with van der Waals surface area (Å²) in [6.45, 7) is 10.2. The van der Waals surface area contributed by atoms with Crippen molar-refractivity contribution < 1.29 is 4.79 Å². The van der Waals surface area contributed by atoms with E-state index < -0.39 is 0 Å². The summed E-state index contributed by atoms with van der Waals surface area (Å²) < 4.78 is 0. The molecule has 0 bridgehead atoms. The molecule has 2 rings (SSSR count). The monoisotopic (exact) mass is 268 g/mol. The third kappa shape index (κ3) is 4.44. The molecule has 0 aliphatic carbocycles. The minimum Gasteiger partial charge on any atom is -0.355 e. The van der Waals surface area contributed by atoms with Gasteiger partial charge in [0.25, 0.3) is 0 Å². The highest BCUT2D eigenvalue weighted by Crippen LogP contribution is 2.09. The first-order chi connectivity index (χ1) is 9.31. The maximum atomic E-state index is 12.0. The molecule has 1 atom stereocenters. The molecule has 1 amide bonds. The van der Waals surface area contributed by atoms with Crippen LogP contribution in [-0.4, -0.2) is 74.1 Å². The van der Waals surface area contributed by atoms with Gasteiger partial charge in [-0.15, -0.1) is 0 Å². The molecule has 0 spiro atoms. The van der Waals surface area contributed by atoms with E-state index in [9.17, 15) is 4.79 Å². The highest BCUT2D eigenvalue weighted by molar-refractivity contribution is 5.82. The number of carbonyl (C=O) groups is 1. The average Bonchev–Trinajstić information content (AvgIpc) is 2.93. The molecule has 2 aliphatic heterocycles. The Balaban J connectivity index is 1.73. The van der Waals surface area contributed by atoms with Gasteiger partial charge in [0, 0.05) is 32.7 Å². The molecule has 2 N–H and O–H groups in total. The molecule has 0 aromatic carbocycles. The van der Waals surface area contributed by atoms with Crippen molar-refractivity contribution in [2.24, 2.45) is 0 Å². The number of carbonyl (C=O) groups excluding carboxylic acids is 1. The Hall–Kier alpha value is -0.650. The third-order valence-electron chi connectivity index (χ3n) is 4.13. The quantitative estimate of drug-likeness (QED) is 0.705. The van der Waals surface area contributed by atoms with Gasteiger partial charge in [-0.3, -0.25) is 9.69 Å². The summed E-state index contributed by atoms with van der Waals surface area (Å²) in [6.07, 6.45) is 3.89. The van der Waals surface area contributed by atoms with Gasteiger partial charge in [0.15, 0.2) is 0 Å². The average molecular weight is 268 g/mol. The number of likely N-dealkylation sites (tertiary alicyclic amines) is 1. The van der Waals surface area contributed by atoms with E-state index >= 15 is 0 Å². The summed E-state index contributed by atoms with van der Waals surface area (Å²) in [5, 5.41) is 6.27. The van der Waals surface area contributed by atoms with Gasteiger partial charge in [0.05, 0.1) is 0 Å². The van der Waals surface area contributed by atoms with Crippen molar-refractivity contribution >= 4 is 5.91 Å². The molecule has 2 aliphatic rings. The normalized spacial score (nSPS) is 25.6. The number of rotatable bonds is 6. The van der Waals surface area contributed by atoms with Crippen molar-refractivity contribution in [3.8, 4) is 0 Å².